The molecule has 1 N–H and O–H groups in total. The van der Waals surface area contributed by atoms with Crippen LogP contribution in [0.5, 0.6) is 0 Å². The predicted molar refractivity (Wildman–Crippen MR) is 129 cm³/mol. The lowest BCUT2D eigenvalue weighted by molar-refractivity contribution is -0.242. The zero-order chi connectivity index (χ0) is 23.6. The summed E-state index contributed by atoms with van der Waals surface area (Å²) < 4.78 is 12.2. The summed E-state index contributed by atoms with van der Waals surface area (Å²) >= 11 is 0. The molecule has 0 bridgehead atoms. The topological polar surface area (TPSA) is 55.8 Å². The second-order valence-corrected chi connectivity index (χ2v) is 13.1. The predicted octanol–water partition coefficient (Wildman–Crippen LogP) is 5.78. The van der Waals surface area contributed by atoms with Gasteiger partial charge in [0.2, 0.25) is 0 Å². The van der Waals surface area contributed by atoms with Crippen molar-refractivity contribution in [3.63, 3.8) is 0 Å². The van der Waals surface area contributed by atoms with Gasteiger partial charge in [-0.2, -0.15) is 0 Å². The van der Waals surface area contributed by atoms with E-state index in [0.29, 0.717) is 40.9 Å². The zero-order valence-corrected chi connectivity index (χ0v) is 21.5. The zero-order valence-electron chi connectivity index (χ0n) is 21.5. The third kappa shape index (κ3) is 3.78. The first-order valence-electron chi connectivity index (χ1n) is 13.8. The van der Waals surface area contributed by atoms with Crippen LogP contribution in [-0.2, 0) is 14.3 Å². The second-order valence-electron chi connectivity index (χ2n) is 13.1. The first-order chi connectivity index (χ1) is 15.6. The van der Waals surface area contributed by atoms with Gasteiger partial charge < -0.3 is 14.6 Å². The summed E-state index contributed by atoms with van der Waals surface area (Å²) in [7, 11) is 0. The molecule has 0 aromatic heterocycles. The number of hydrogen-bond acceptors (Lipinski definition) is 4. The number of ketones is 1. The Morgan fingerprint density at radius 2 is 1.67 bits per heavy atom. The fraction of sp³-hybridized carbons (Fsp3) is 0.897. The highest BCUT2D eigenvalue weighted by Crippen LogP contribution is 2.69. The monoisotopic (exact) mass is 458 g/mol. The van der Waals surface area contributed by atoms with Gasteiger partial charge in [-0.05, 0) is 90.9 Å². The van der Waals surface area contributed by atoms with Crippen LogP contribution < -0.4 is 0 Å². The highest BCUT2D eigenvalue weighted by molar-refractivity contribution is 5.91. The molecule has 9 atom stereocenters. The number of allylic oxidation sites excluding steroid dienone is 2. The van der Waals surface area contributed by atoms with Gasteiger partial charge in [0.05, 0.1) is 19.3 Å². The maximum absolute atomic E-state index is 12.2. The largest absolute Gasteiger partial charge is 0.393 e. The Balaban J connectivity index is 1.35. The van der Waals surface area contributed by atoms with E-state index in [4.69, 9.17) is 9.47 Å². The van der Waals surface area contributed by atoms with Crippen LogP contribution in [0.4, 0.5) is 0 Å². The summed E-state index contributed by atoms with van der Waals surface area (Å²) in [5, 5.41) is 11.6. The molecule has 4 nitrogen and oxygen atoms in total. The van der Waals surface area contributed by atoms with E-state index >= 15 is 0 Å². The van der Waals surface area contributed by atoms with E-state index in [1.54, 1.807) is 0 Å². The van der Waals surface area contributed by atoms with Crippen molar-refractivity contribution in [2.45, 2.75) is 97.9 Å². The summed E-state index contributed by atoms with van der Waals surface area (Å²) in [6.45, 7) is 12.7. The molecule has 5 fully saturated rings. The van der Waals surface area contributed by atoms with E-state index in [0.717, 1.165) is 38.9 Å². The number of fused-ring (bicyclic) bond motifs is 5. The van der Waals surface area contributed by atoms with Crippen molar-refractivity contribution < 1.29 is 19.4 Å². The van der Waals surface area contributed by atoms with E-state index in [1.807, 2.05) is 19.9 Å². The molecule has 0 amide bonds. The minimum absolute atomic E-state index is 0.0662. The molecular formula is C29H46O4. The lowest BCUT2D eigenvalue weighted by atomic mass is 9.43. The summed E-state index contributed by atoms with van der Waals surface area (Å²) in [4.78, 5) is 12.2. The molecule has 1 saturated heterocycles. The number of ether oxygens (including phenoxy) is 2. The minimum Gasteiger partial charge on any atom is -0.393 e. The number of hydrogen-bond donors (Lipinski definition) is 1. The molecule has 4 heteroatoms. The van der Waals surface area contributed by atoms with Crippen LogP contribution in [0, 0.1) is 52.3 Å². The number of aliphatic hydroxyl groups is 1. The fourth-order valence-electron chi connectivity index (χ4n) is 9.40. The van der Waals surface area contributed by atoms with Gasteiger partial charge >= 0.3 is 0 Å². The maximum Gasteiger partial charge on any atom is 0.168 e. The lowest BCUT2D eigenvalue weighted by Crippen LogP contribution is -2.60. The maximum atomic E-state index is 12.2. The average molecular weight is 459 g/mol. The molecule has 0 aromatic rings. The van der Waals surface area contributed by atoms with Crippen molar-refractivity contribution >= 4 is 5.78 Å². The van der Waals surface area contributed by atoms with Crippen molar-refractivity contribution in [2.75, 3.05) is 13.2 Å². The lowest BCUT2D eigenvalue weighted by Gasteiger charge is -2.63. The Bertz CT molecular complexity index is 782. The molecule has 5 rings (SSSR count). The van der Waals surface area contributed by atoms with E-state index < -0.39 is 0 Å². The highest BCUT2D eigenvalue weighted by Gasteiger charge is 2.64. The van der Waals surface area contributed by atoms with Crippen LogP contribution in [-0.4, -0.2) is 36.0 Å². The Morgan fingerprint density at radius 3 is 2.36 bits per heavy atom. The van der Waals surface area contributed by atoms with Crippen molar-refractivity contribution in [1.82, 2.24) is 0 Å². The molecule has 1 spiro atoms. The van der Waals surface area contributed by atoms with Gasteiger partial charge in [-0.3, -0.25) is 4.79 Å². The van der Waals surface area contributed by atoms with E-state index in [9.17, 15) is 9.90 Å². The molecule has 0 radical (unpaired) electrons. The second kappa shape index (κ2) is 8.45. The summed E-state index contributed by atoms with van der Waals surface area (Å²) in [6, 6.07) is 0. The molecule has 5 aliphatic rings. The smallest absolute Gasteiger partial charge is 0.168 e. The van der Waals surface area contributed by atoms with E-state index in [2.05, 4.69) is 26.8 Å². The van der Waals surface area contributed by atoms with Gasteiger partial charge in [-0.25, -0.2) is 0 Å². The molecule has 1 aliphatic heterocycles. The number of rotatable bonds is 4. The molecule has 33 heavy (non-hydrogen) atoms. The number of aliphatic hydroxyl groups excluding tert-OH is 1. The normalized spacial score (nSPS) is 47.5. The summed E-state index contributed by atoms with van der Waals surface area (Å²) in [6.07, 6.45) is 12.8. The van der Waals surface area contributed by atoms with Crippen LogP contribution >= 0.6 is 0 Å². The first kappa shape index (κ1) is 24.0. The number of carbonyl (C=O) groups excluding carboxylic acids is 1. The molecule has 0 aromatic carbocycles. The van der Waals surface area contributed by atoms with E-state index in [1.165, 1.54) is 25.7 Å². The highest BCUT2D eigenvalue weighted by atomic mass is 16.7. The SMILES string of the molecule is CC(C)C(=O)/C=C/[C@@H](C)[C@H]1CCC2C3C(CC[C@@]21C)[C@@]1(C)CCC2(C[C@@H]1C[C@H]3O)OCCO2. The van der Waals surface area contributed by atoms with Crippen molar-refractivity contribution in [2.24, 2.45) is 52.3 Å². The van der Waals surface area contributed by atoms with Crippen LogP contribution in [0.2, 0.25) is 0 Å². The van der Waals surface area contributed by atoms with Crippen molar-refractivity contribution in [1.29, 1.82) is 0 Å². The van der Waals surface area contributed by atoms with E-state index in [-0.39, 0.29) is 29.0 Å². The Labute approximate surface area is 200 Å². The molecule has 1 heterocycles. The Morgan fingerprint density at radius 1 is 0.970 bits per heavy atom. The Hall–Kier alpha value is -0.710. The fourth-order valence-corrected chi connectivity index (χ4v) is 9.40. The van der Waals surface area contributed by atoms with Gasteiger partial charge in [0, 0.05) is 18.8 Å². The van der Waals surface area contributed by atoms with Crippen LogP contribution in [0.1, 0.15) is 86.0 Å². The van der Waals surface area contributed by atoms with Gasteiger partial charge in [0.1, 0.15) is 0 Å². The first-order valence-corrected chi connectivity index (χ1v) is 13.8. The average Bonchev–Trinajstić information content (AvgIpc) is 3.37. The molecule has 4 saturated carbocycles. The standard InChI is InChI=1S/C29H46O4/c1-18(2)24(30)9-6-19(3)21-7-8-22-26-23(10-11-28(21,22)5)27(4)12-13-29(32-14-15-33-29)17-20(27)16-25(26)31/h6,9,18-23,25-26,31H,7-8,10-17H2,1-5H3/b9-6+/t19-,20+,21-,22?,23?,25-,26?,27+,28-/m1/s1. The van der Waals surface area contributed by atoms with Crippen molar-refractivity contribution in [3.8, 4) is 0 Å². The molecule has 3 unspecified atom stereocenters. The van der Waals surface area contributed by atoms with Crippen LogP contribution in [0.3, 0.4) is 0 Å². The number of carbonyl (C=O) groups is 1. The van der Waals surface area contributed by atoms with Gasteiger partial charge in [0.15, 0.2) is 11.6 Å². The molecule has 4 aliphatic carbocycles. The summed E-state index contributed by atoms with van der Waals surface area (Å²) in [5.74, 6) is 3.06. The molecule has 186 valence electrons. The van der Waals surface area contributed by atoms with Crippen LogP contribution in [0.15, 0.2) is 12.2 Å². The van der Waals surface area contributed by atoms with Gasteiger partial charge in [-0.15, -0.1) is 0 Å². The third-order valence-electron chi connectivity index (χ3n) is 11.3. The third-order valence-corrected chi connectivity index (χ3v) is 11.3. The molecular weight excluding hydrogens is 412 g/mol. The van der Waals surface area contributed by atoms with Crippen molar-refractivity contribution in [3.05, 3.63) is 12.2 Å². The Kier molecular flexibility index (Phi) is 6.15. The minimum atomic E-state index is -0.368. The van der Waals surface area contributed by atoms with Gasteiger partial charge in [0.25, 0.3) is 0 Å². The van der Waals surface area contributed by atoms with Crippen LogP contribution in [0.25, 0.3) is 0 Å². The van der Waals surface area contributed by atoms with Gasteiger partial charge in [-0.1, -0.05) is 40.7 Å². The summed E-state index contributed by atoms with van der Waals surface area (Å²) in [5.41, 5.74) is 0.558. The quantitative estimate of drug-likeness (QED) is 0.543.